The van der Waals surface area contributed by atoms with E-state index >= 15 is 0 Å². The lowest BCUT2D eigenvalue weighted by molar-refractivity contribution is -0.120. The van der Waals surface area contributed by atoms with E-state index in [1.165, 1.54) is 13.8 Å². The summed E-state index contributed by atoms with van der Waals surface area (Å²) in [5.74, 6) is -0.218. The third kappa shape index (κ3) is 4.79. The van der Waals surface area contributed by atoms with E-state index in [0.717, 1.165) is 59.1 Å². The van der Waals surface area contributed by atoms with Gasteiger partial charge in [0.25, 0.3) is 0 Å². The predicted octanol–water partition coefficient (Wildman–Crippen LogP) is 5.29. The van der Waals surface area contributed by atoms with Crippen molar-refractivity contribution in [3.05, 3.63) is 106 Å². The summed E-state index contributed by atoms with van der Waals surface area (Å²) < 4.78 is 0. The first-order valence-electron chi connectivity index (χ1n) is 13.6. The van der Waals surface area contributed by atoms with Crippen LogP contribution in [-0.2, 0) is 22.4 Å². The molecule has 0 spiro atoms. The van der Waals surface area contributed by atoms with Crippen molar-refractivity contribution in [1.82, 2.24) is 20.6 Å². The molecule has 2 N–H and O–H groups in total. The Balaban J connectivity index is 1.34. The number of nitrogens with one attached hydrogen (secondary N) is 2. The number of carbonyl (C=O) groups excluding carboxylic acids is 3. The van der Waals surface area contributed by atoms with Crippen molar-refractivity contribution in [1.29, 1.82) is 0 Å². The van der Waals surface area contributed by atoms with Gasteiger partial charge in [-0.25, -0.2) is 0 Å². The maximum atomic E-state index is 14.1. The molecule has 2 aromatic carbocycles. The zero-order valence-electron chi connectivity index (χ0n) is 22.5. The Morgan fingerprint density at radius 1 is 0.675 bits per heavy atom. The van der Waals surface area contributed by atoms with Crippen LogP contribution in [0.3, 0.4) is 0 Å². The second kappa shape index (κ2) is 10.5. The number of pyridine rings is 2. The molecule has 0 bridgehead atoms. The van der Waals surface area contributed by atoms with Crippen LogP contribution in [0.25, 0.3) is 22.5 Å². The number of fused-ring (bicyclic) bond motifs is 2. The number of hydrogen-bond donors (Lipinski definition) is 2. The SMILES string of the molecule is CC(=O)NC1CCc2cc(-c3ncccc3C(=O)c3cccnc3-c3ccc4c(c3)CCC4NC(C)=O)ccc21. The average molecular weight is 531 g/mol. The van der Waals surface area contributed by atoms with Crippen molar-refractivity contribution in [3.8, 4) is 22.5 Å². The lowest BCUT2D eigenvalue weighted by atomic mass is 9.93. The summed E-state index contributed by atoms with van der Waals surface area (Å²) in [6.45, 7) is 3.08. The monoisotopic (exact) mass is 530 g/mol. The molecule has 0 saturated heterocycles. The Hall–Kier alpha value is -4.65. The van der Waals surface area contributed by atoms with E-state index in [1.807, 2.05) is 36.4 Å². The molecule has 2 aromatic heterocycles. The van der Waals surface area contributed by atoms with Crippen molar-refractivity contribution < 1.29 is 14.4 Å². The molecule has 2 unspecified atom stereocenters. The highest BCUT2D eigenvalue weighted by Gasteiger charge is 2.27. The van der Waals surface area contributed by atoms with Gasteiger partial charge in [0, 0.05) is 48.5 Å². The highest BCUT2D eigenvalue weighted by molar-refractivity contribution is 6.15. The van der Waals surface area contributed by atoms with Gasteiger partial charge in [-0.3, -0.25) is 24.4 Å². The number of amides is 2. The highest BCUT2D eigenvalue weighted by Crippen LogP contribution is 2.37. The zero-order chi connectivity index (χ0) is 27.8. The second-order valence-electron chi connectivity index (χ2n) is 10.5. The van der Waals surface area contributed by atoms with E-state index in [-0.39, 0.29) is 29.7 Å². The van der Waals surface area contributed by atoms with Crippen LogP contribution >= 0.6 is 0 Å². The van der Waals surface area contributed by atoms with Crippen molar-refractivity contribution >= 4 is 17.6 Å². The third-order valence-corrected chi connectivity index (χ3v) is 7.85. The first-order valence-corrected chi connectivity index (χ1v) is 13.6. The third-order valence-electron chi connectivity index (χ3n) is 7.85. The number of benzene rings is 2. The van der Waals surface area contributed by atoms with Crippen LogP contribution < -0.4 is 10.6 Å². The van der Waals surface area contributed by atoms with Gasteiger partial charge in [0.2, 0.25) is 11.8 Å². The topological polar surface area (TPSA) is 101 Å². The molecule has 2 aliphatic rings. The largest absolute Gasteiger partial charge is 0.350 e. The lowest BCUT2D eigenvalue weighted by Crippen LogP contribution is -2.24. The minimum Gasteiger partial charge on any atom is -0.350 e. The molecule has 0 saturated carbocycles. The summed E-state index contributed by atoms with van der Waals surface area (Å²) >= 11 is 0. The Labute approximate surface area is 233 Å². The molecule has 7 nitrogen and oxygen atoms in total. The number of aromatic nitrogens is 2. The smallest absolute Gasteiger partial charge is 0.217 e. The van der Waals surface area contributed by atoms with E-state index in [1.54, 1.807) is 24.5 Å². The Kier molecular flexibility index (Phi) is 6.72. The molecule has 2 heterocycles. The predicted molar refractivity (Wildman–Crippen MR) is 153 cm³/mol. The molecule has 7 heteroatoms. The van der Waals surface area contributed by atoms with Crippen molar-refractivity contribution in [3.63, 3.8) is 0 Å². The molecule has 0 fully saturated rings. The van der Waals surface area contributed by atoms with E-state index in [4.69, 9.17) is 0 Å². The Bertz CT molecular complexity index is 1540. The minimum atomic E-state index is -0.139. The molecular formula is C33H30N4O3. The fourth-order valence-electron chi connectivity index (χ4n) is 6.10. The molecule has 2 amide bonds. The fraction of sp³-hybridized carbons (Fsp3) is 0.242. The minimum absolute atomic E-state index is 0.0187. The van der Waals surface area contributed by atoms with Gasteiger partial charge < -0.3 is 10.6 Å². The van der Waals surface area contributed by atoms with Crippen LogP contribution in [0.2, 0.25) is 0 Å². The summed E-state index contributed by atoms with van der Waals surface area (Å²) in [6, 6.07) is 19.4. The van der Waals surface area contributed by atoms with Crippen LogP contribution in [0, 0.1) is 0 Å². The van der Waals surface area contributed by atoms with Gasteiger partial charge in [0.1, 0.15) is 0 Å². The fourth-order valence-corrected chi connectivity index (χ4v) is 6.10. The Morgan fingerprint density at radius 2 is 1.12 bits per heavy atom. The van der Waals surface area contributed by atoms with Crippen molar-refractivity contribution in [2.24, 2.45) is 0 Å². The molecule has 200 valence electrons. The van der Waals surface area contributed by atoms with E-state index in [0.29, 0.717) is 22.5 Å². The number of aryl methyl sites for hydroxylation is 2. The van der Waals surface area contributed by atoms with Gasteiger partial charge in [-0.2, -0.15) is 0 Å². The van der Waals surface area contributed by atoms with Crippen LogP contribution in [0.15, 0.2) is 73.1 Å². The summed E-state index contributed by atoms with van der Waals surface area (Å²) in [5, 5.41) is 6.04. The first-order chi connectivity index (χ1) is 19.4. The summed E-state index contributed by atoms with van der Waals surface area (Å²) in [5.41, 5.74) is 8.59. The molecule has 40 heavy (non-hydrogen) atoms. The highest BCUT2D eigenvalue weighted by atomic mass is 16.2. The van der Waals surface area contributed by atoms with Crippen LogP contribution in [-0.4, -0.2) is 27.6 Å². The zero-order valence-corrected chi connectivity index (χ0v) is 22.5. The Morgan fingerprint density at radius 3 is 1.55 bits per heavy atom. The summed E-state index contributed by atoms with van der Waals surface area (Å²) in [4.78, 5) is 46.5. The quantitative estimate of drug-likeness (QED) is 0.330. The molecule has 0 radical (unpaired) electrons. The standard InChI is InChI=1S/C33H30N4O3/c1-19(38)36-29-13-9-21-17-23(7-11-25(21)29)31-27(5-3-15-34-31)33(40)28-6-4-16-35-32(28)24-8-12-26-22(18-24)10-14-30(26)37-20(2)39/h3-8,11-12,15-18,29-30H,9-10,13-14H2,1-2H3,(H,36,38)(H,37,39). The lowest BCUT2D eigenvalue weighted by Gasteiger charge is -2.15. The van der Waals surface area contributed by atoms with Crippen LogP contribution in [0.4, 0.5) is 0 Å². The second-order valence-corrected chi connectivity index (χ2v) is 10.5. The van der Waals surface area contributed by atoms with Gasteiger partial charge in [-0.1, -0.05) is 24.3 Å². The van der Waals surface area contributed by atoms with Gasteiger partial charge in [-0.15, -0.1) is 0 Å². The van der Waals surface area contributed by atoms with Gasteiger partial charge in [-0.05, 0) is 84.3 Å². The summed E-state index contributed by atoms with van der Waals surface area (Å²) in [7, 11) is 0. The van der Waals surface area contributed by atoms with Gasteiger partial charge >= 0.3 is 0 Å². The molecule has 6 rings (SSSR count). The van der Waals surface area contributed by atoms with Gasteiger partial charge in [0.15, 0.2) is 5.78 Å². The van der Waals surface area contributed by atoms with E-state index in [9.17, 15) is 14.4 Å². The molecule has 2 atom stereocenters. The van der Waals surface area contributed by atoms with E-state index < -0.39 is 0 Å². The molecular weight excluding hydrogens is 500 g/mol. The number of ketones is 1. The normalized spacial score (nSPS) is 17.1. The van der Waals surface area contributed by atoms with Gasteiger partial charge in [0.05, 0.1) is 23.5 Å². The molecule has 0 aliphatic heterocycles. The van der Waals surface area contributed by atoms with Crippen LogP contribution in [0.1, 0.15) is 76.9 Å². The van der Waals surface area contributed by atoms with E-state index in [2.05, 4.69) is 32.7 Å². The number of carbonyl (C=O) groups is 3. The number of hydrogen-bond acceptors (Lipinski definition) is 5. The maximum absolute atomic E-state index is 14.1. The average Bonchev–Trinajstić information content (AvgIpc) is 3.55. The van der Waals surface area contributed by atoms with Crippen LogP contribution in [0.5, 0.6) is 0 Å². The summed E-state index contributed by atoms with van der Waals surface area (Å²) in [6.07, 6.45) is 6.84. The molecule has 2 aliphatic carbocycles. The van der Waals surface area contributed by atoms with Crippen molar-refractivity contribution in [2.45, 2.75) is 51.6 Å². The number of nitrogens with zero attached hydrogens (tertiary/aromatic N) is 2. The number of rotatable bonds is 6. The first kappa shape index (κ1) is 25.6. The maximum Gasteiger partial charge on any atom is 0.217 e. The van der Waals surface area contributed by atoms with Crippen molar-refractivity contribution in [2.75, 3.05) is 0 Å². The molecule has 4 aromatic rings.